The number of nitrogens with one attached hydrogen (secondary N) is 2. The van der Waals surface area contributed by atoms with Crippen molar-refractivity contribution in [3.8, 4) is 11.5 Å². The van der Waals surface area contributed by atoms with E-state index in [0.29, 0.717) is 0 Å². The summed E-state index contributed by atoms with van der Waals surface area (Å²) in [7, 11) is 3.36. The van der Waals surface area contributed by atoms with E-state index in [0.717, 1.165) is 37.8 Å². The fraction of sp³-hybridized carbons (Fsp3) is 0.364. The summed E-state index contributed by atoms with van der Waals surface area (Å²) in [6.45, 7) is 5.72. The number of benzene rings is 2. The fourth-order valence-electron chi connectivity index (χ4n) is 4.23. The molecule has 2 heterocycles. The van der Waals surface area contributed by atoms with E-state index in [1.807, 2.05) is 6.07 Å². The Morgan fingerprint density at radius 2 is 1.74 bits per heavy atom. The summed E-state index contributed by atoms with van der Waals surface area (Å²) < 4.78 is 16.7. The molecule has 1 aliphatic heterocycles. The monoisotopic (exact) mass is 367 g/mol. The van der Waals surface area contributed by atoms with Crippen molar-refractivity contribution >= 4 is 10.9 Å². The van der Waals surface area contributed by atoms with Gasteiger partial charge in [-0.3, -0.25) is 0 Å². The van der Waals surface area contributed by atoms with Crippen LogP contribution >= 0.6 is 0 Å². The van der Waals surface area contributed by atoms with Gasteiger partial charge in [-0.1, -0.05) is 18.2 Å². The van der Waals surface area contributed by atoms with Crippen LogP contribution in [-0.2, 0) is 4.74 Å². The molecule has 1 saturated heterocycles. The summed E-state index contributed by atoms with van der Waals surface area (Å²) in [5.41, 5.74) is 4.99. The van der Waals surface area contributed by atoms with E-state index in [9.17, 15) is 0 Å². The zero-order valence-electron chi connectivity index (χ0n) is 16.2. The van der Waals surface area contributed by atoms with Gasteiger partial charge in [0.05, 0.1) is 27.4 Å². The molecule has 5 nitrogen and oxygen atoms in total. The number of quaternary nitrogens is 1. The predicted octanol–water partition coefficient (Wildman–Crippen LogP) is 2.50. The standard InChI is InChI=1S/C22H26N2O3/c1-15-21(17-6-4-5-7-18(17)23-15)22(24-10-12-27-13-11-24)16-8-9-19(25-2)20(14-16)26-3/h4-9,14,22-23H,10-13H2,1-3H3/p+1/t22-/m0/s1. The van der Waals surface area contributed by atoms with Crippen molar-refractivity contribution in [1.29, 1.82) is 0 Å². The molecule has 0 bridgehead atoms. The van der Waals surface area contributed by atoms with E-state index in [1.165, 1.54) is 32.6 Å². The van der Waals surface area contributed by atoms with Crippen molar-refractivity contribution in [3.05, 3.63) is 59.3 Å². The second-order valence-electron chi connectivity index (χ2n) is 7.03. The van der Waals surface area contributed by atoms with E-state index in [2.05, 4.69) is 48.3 Å². The third-order valence-electron chi connectivity index (χ3n) is 5.52. The lowest BCUT2D eigenvalue weighted by Crippen LogP contribution is -3.14. The molecule has 0 amide bonds. The Morgan fingerprint density at radius 3 is 2.48 bits per heavy atom. The molecule has 0 spiro atoms. The maximum absolute atomic E-state index is 5.63. The van der Waals surface area contributed by atoms with Crippen LogP contribution in [0, 0.1) is 6.92 Å². The Hall–Kier alpha value is -2.50. The van der Waals surface area contributed by atoms with Gasteiger partial charge in [0, 0.05) is 27.7 Å². The highest BCUT2D eigenvalue weighted by Crippen LogP contribution is 2.35. The Kier molecular flexibility index (Phi) is 5.05. The van der Waals surface area contributed by atoms with E-state index >= 15 is 0 Å². The number of aromatic amines is 1. The number of hydrogen-bond acceptors (Lipinski definition) is 3. The zero-order chi connectivity index (χ0) is 18.8. The first-order valence-electron chi connectivity index (χ1n) is 9.44. The smallest absolute Gasteiger partial charge is 0.161 e. The maximum Gasteiger partial charge on any atom is 0.161 e. The quantitative estimate of drug-likeness (QED) is 0.728. The highest BCUT2D eigenvalue weighted by atomic mass is 16.5. The Morgan fingerprint density at radius 1 is 1.00 bits per heavy atom. The Balaban J connectivity index is 1.88. The van der Waals surface area contributed by atoms with Crippen LogP contribution in [0.5, 0.6) is 11.5 Å². The van der Waals surface area contributed by atoms with Crippen molar-refractivity contribution in [3.63, 3.8) is 0 Å². The third kappa shape index (κ3) is 3.29. The van der Waals surface area contributed by atoms with Gasteiger partial charge in [-0.2, -0.15) is 0 Å². The number of fused-ring (bicyclic) bond motifs is 1. The molecule has 27 heavy (non-hydrogen) atoms. The van der Waals surface area contributed by atoms with E-state index in [1.54, 1.807) is 14.2 Å². The van der Waals surface area contributed by atoms with Crippen molar-refractivity contribution in [1.82, 2.24) is 4.98 Å². The Labute approximate surface area is 159 Å². The molecule has 5 heteroatoms. The zero-order valence-corrected chi connectivity index (χ0v) is 16.2. The van der Waals surface area contributed by atoms with Gasteiger partial charge in [-0.25, -0.2) is 0 Å². The summed E-state index contributed by atoms with van der Waals surface area (Å²) >= 11 is 0. The molecule has 1 aromatic heterocycles. The van der Waals surface area contributed by atoms with Crippen LogP contribution in [0.15, 0.2) is 42.5 Å². The molecule has 142 valence electrons. The number of aryl methyl sites for hydroxylation is 1. The first-order chi connectivity index (χ1) is 13.2. The summed E-state index contributed by atoms with van der Waals surface area (Å²) in [4.78, 5) is 5.08. The molecular formula is C22H27N2O3+. The number of morpholine rings is 1. The van der Waals surface area contributed by atoms with E-state index in [4.69, 9.17) is 14.2 Å². The second kappa shape index (κ2) is 7.62. The van der Waals surface area contributed by atoms with Gasteiger partial charge in [0.25, 0.3) is 0 Å². The minimum absolute atomic E-state index is 0.213. The first-order valence-corrected chi connectivity index (χ1v) is 9.44. The molecule has 2 N–H and O–H groups in total. The molecule has 1 fully saturated rings. The molecule has 1 aliphatic rings. The fourth-order valence-corrected chi connectivity index (χ4v) is 4.23. The van der Waals surface area contributed by atoms with Crippen LogP contribution in [0.25, 0.3) is 10.9 Å². The predicted molar refractivity (Wildman–Crippen MR) is 106 cm³/mol. The third-order valence-corrected chi connectivity index (χ3v) is 5.52. The van der Waals surface area contributed by atoms with Crippen LogP contribution < -0.4 is 14.4 Å². The van der Waals surface area contributed by atoms with Crippen molar-refractivity contribution in [2.75, 3.05) is 40.5 Å². The van der Waals surface area contributed by atoms with Gasteiger partial charge >= 0.3 is 0 Å². The Bertz CT molecular complexity index is 928. The van der Waals surface area contributed by atoms with E-state index < -0.39 is 0 Å². The average Bonchev–Trinajstić information content (AvgIpc) is 3.05. The summed E-state index contributed by atoms with van der Waals surface area (Å²) in [6.07, 6.45) is 0. The van der Waals surface area contributed by atoms with Gasteiger partial charge < -0.3 is 24.1 Å². The summed E-state index contributed by atoms with van der Waals surface area (Å²) in [5.74, 6) is 1.53. The molecule has 0 aliphatic carbocycles. The summed E-state index contributed by atoms with van der Waals surface area (Å²) in [6, 6.07) is 15.0. The van der Waals surface area contributed by atoms with Gasteiger partial charge in [0.15, 0.2) is 11.5 Å². The molecule has 2 aromatic carbocycles. The summed E-state index contributed by atoms with van der Waals surface area (Å²) in [5, 5.41) is 1.29. The van der Waals surface area contributed by atoms with Gasteiger partial charge in [-0.15, -0.1) is 0 Å². The number of para-hydroxylation sites is 1. The molecule has 0 unspecified atom stereocenters. The lowest BCUT2D eigenvalue weighted by molar-refractivity contribution is -0.933. The number of methoxy groups -OCH3 is 2. The molecule has 1 atom stereocenters. The second-order valence-corrected chi connectivity index (χ2v) is 7.03. The van der Waals surface area contributed by atoms with Crippen LogP contribution in [0.4, 0.5) is 0 Å². The van der Waals surface area contributed by atoms with Crippen molar-refractivity contribution < 1.29 is 19.1 Å². The van der Waals surface area contributed by atoms with Crippen LogP contribution in [0.2, 0.25) is 0 Å². The number of aromatic nitrogens is 1. The van der Waals surface area contributed by atoms with Gasteiger partial charge in [0.1, 0.15) is 19.1 Å². The highest BCUT2D eigenvalue weighted by molar-refractivity contribution is 5.85. The average molecular weight is 367 g/mol. The molecular weight excluding hydrogens is 340 g/mol. The van der Waals surface area contributed by atoms with Crippen LogP contribution in [-0.4, -0.2) is 45.5 Å². The lowest BCUT2D eigenvalue weighted by Gasteiger charge is -2.32. The topological polar surface area (TPSA) is 47.9 Å². The molecule has 0 saturated carbocycles. The maximum atomic E-state index is 5.63. The lowest BCUT2D eigenvalue weighted by atomic mass is 9.94. The normalized spacial score (nSPS) is 16.4. The number of hydrogen-bond donors (Lipinski definition) is 2. The van der Waals surface area contributed by atoms with Crippen molar-refractivity contribution in [2.45, 2.75) is 13.0 Å². The largest absolute Gasteiger partial charge is 0.493 e. The molecule has 4 rings (SSSR count). The van der Waals surface area contributed by atoms with Crippen LogP contribution in [0.1, 0.15) is 22.9 Å². The minimum Gasteiger partial charge on any atom is -0.493 e. The minimum atomic E-state index is 0.213. The first kappa shape index (κ1) is 17.9. The number of rotatable bonds is 5. The molecule has 0 radical (unpaired) electrons. The van der Waals surface area contributed by atoms with Crippen molar-refractivity contribution in [2.24, 2.45) is 0 Å². The molecule has 3 aromatic rings. The van der Waals surface area contributed by atoms with Crippen LogP contribution in [0.3, 0.4) is 0 Å². The van der Waals surface area contributed by atoms with Gasteiger partial charge in [-0.05, 0) is 31.2 Å². The van der Waals surface area contributed by atoms with E-state index in [-0.39, 0.29) is 6.04 Å². The number of ether oxygens (including phenoxy) is 3. The van der Waals surface area contributed by atoms with Gasteiger partial charge in [0.2, 0.25) is 0 Å². The SMILES string of the molecule is COc1ccc([C@@H](c2c(C)[nH]c3ccccc23)[NH+]2CCOCC2)cc1OC. The highest BCUT2D eigenvalue weighted by Gasteiger charge is 2.32. The number of H-pyrrole nitrogens is 1.